The first-order valence-electron chi connectivity index (χ1n) is 13.8. The number of nitrogens with zero attached hydrogens (tertiary/aromatic N) is 1. The molecule has 0 saturated heterocycles. The number of nitrogens with two attached hydrogens (primary N) is 4. The lowest BCUT2D eigenvalue weighted by atomic mass is 9.26. The van der Waals surface area contributed by atoms with E-state index in [0.717, 1.165) is 16.7 Å². The number of rotatable bonds is 19. The van der Waals surface area contributed by atoms with E-state index in [1.165, 1.54) is 0 Å². The molecule has 0 bridgehead atoms. The highest BCUT2D eigenvalue weighted by molar-refractivity contribution is 6.54. The number of aliphatic carboxylic acids is 4. The topological polar surface area (TPSA) is 257 Å². The van der Waals surface area contributed by atoms with Gasteiger partial charge >= 0.3 is 23.9 Å². The molecule has 0 aliphatic carbocycles. The molecular formula is C24H44B4N5O8+. The van der Waals surface area contributed by atoms with Crippen LogP contribution in [0.3, 0.4) is 0 Å². The molecule has 1 heterocycles. The maximum Gasteiger partial charge on any atom is 0.320 e. The minimum absolute atomic E-state index is 0.138. The SMILES string of the molecule is BC(B)(C[C@H](N)C(=O)O)C(B)(B)c1c(CC[C@H](N)C(=O)O)c[n+](CCCC[C@H](N)C(=O)O)cc1CC[C@H](N)C(=O)O. The second kappa shape index (κ2) is 15.4. The zero-order valence-corrected chi connectivity index (χ0v) is 24.5. The van der Waals surface area contributed by atoms with Crippen molar-refractivity contribution in [2.24, 2.45) is 22.9 Å². The summed E-state index contributed by atoms with van der Waals surface area (Å²) in [6.07, 6.45) is 6.31. The highest BCUT2D eigenvalue weighted by Crippen LogP contribution is 2.44. The predicted octanol–water partition coefficient (Wildman–Crippen LogP) is -5.15. The molecule has 0 saturated carbocycles. The summed E-state index contributed by atoms with van der Waals surface area (Å²) in [6, 6.07) is -4.27. The fraction of sp³-hybridized carbons (Fsp3) is 0.625. The average molecular weight is 574 g/mol. The minimum Gasteiger partial charge on any atom is -0.480 e. The highest BCUT2D eigenvalue weighted by Gasteiger charge is 2.43. The van der Waals surface area contributed by atoms with Gasteiger partial charge in [0, 0.05) is 17.5 Å². The van der Waals surface area contributed by atoms with Gasteiger partial charge in [0.1, 0.15) is 46.4 Å². The van der Waals surface area contributed by atoms with E-state index in [2.05, 4.69) is 0 Å². The number of hydrogen-bond acceptors (Lipinski definition) is 8. The van der Waals surface area contributed by atoms with Crippen LogP contribution in [0, 0.1) is 0 Å². The van der Waals surface area contributed by atoms with Crippen molar-refractivity contribution in [3.63, 3.8) is 0 Å². The number of aryl methyl sites for hydroxylation is 3. The third-order valence-corrected chi connectivity index (χ3v) is 8.23. The standard InChI is InChI=1S/C24H43B4N5O8/c25-23(26,9-17(32)22(40)41)24(27,28)18-12(4-6-15(30)20(36)37)10-33(8-2-1-3-14(29)19(34)35)11-13(18)5-7-16(31)21(38)39/h10-11,14-17H,1-9,25-32H2,(H3-,34,35,36,37,38,39,40,41)/p+1/t14-,15-,16-,17-/m0/s1. The normalized spacial score (nSPS) is 15.0. The summed E-state index contributed by atoms with van der Waals surface area (Å²) >= 11 is 0. The van der Waals surface area contributed by atoms with Crippen LogP contribution in [-0.2, 0) is 43.8 Å². The van der Waals surface area contributed by atoms with Gasteiger partial charge in [-0.05, 0) is 50.5 Å². The molecule has 13 nitrogen and oxygen atoms in total. The van der Waals surface area contributed by atoms with E-state index in [1.54, 1.807) is 0 Å². The van der Waals surface area contributed by atoms with Crippen LogP contribution in [0.15, 0.2) is 12.4 Å². The largest absolute Gasteiger partial charge is 0.480 e. The van der Waals surface area contributed by atoms with Crippen molar-refractivity contribution >= 4 is 55.3 Å². The quantitative estimate of drug-likeness (QED) is 0.0439. The lowest BCUT2D eigenvalue weighted by molar-refractivity contribution is -0.698. The molecule has 4 atom stereocenters. The van der Waals surface area contributed by atoms with Crippen LogP contribution in [-0.4, -0.2) is 99.9 Å². The second-order valence-electron chi connectivity index (χ2n) is 12.0. The Morgan fingerprint density at radius 2 is 1.07 bits per heavy atom. The number of carboxylic acids is 4. The third-order valence-electron chi connectivity index (χ3n) is 8.23. The van der Waals surface area contributed by atoms with Crippen LogP contribution >= 0.6 is 0 Å². The Kier molecular flexibility index (Phi) is 13.6. The molecular weight excluding hydrogens is 530 g/mol. The van der Waals surface area contributed by atoms with Crippen molar-refractivity contribution in [1.29, 1.82) is 0 Å². The maximum atomic E-state index is 11.6. The van der Waals surface area contributed by atoms with Gasteiger partial charge in [-0.2, -0.15) is 0 Å². The lowest BCUT2D eigenvalue weighted by Gasteiger charge is -2.45. The summed E-state index contributed by atoms with van der Waals surface area (Å²) in [6.45, 7) is 0.510. The summed E-state index contributed by atoms with van der Waals surface area (Å²) < 4.78 is 1.92. The molecule has 0 aliphatic heterocycles. The third kappa shape index (κ3) is 10.5. The van der Waals surface area contributed by atoms with Crippen molar-refractivity contribution in [3.05, 3.63) is 29.1 Å². The summed E-state index contributed by atoms with van der Waals surface area (Å²) in [5, 5.41) is 35.9. The molecule has 0 unspecified atom stereocenters. The van der Waals surface area contributed by atoms with Crippen molar-refractivity contribution in [2.75, 3.05) is 0 Å². The van der Waals surface area contributed by atoms with Gasteiger partial charge in [0.15, 0.2) is 12.4 Å². The van der Waals surface area contributed by atoms with E-state index < -0.39 is 58.5 Å². The van der Waals surface area contributed by atoms with Crippen molar-refractivity contribution in [3.8, 4) is 0 Å². The Hall–Kier alpha value is -2.87. The van der Waals surface area contributed by atoms with E-state index >= 15 is 0 Å². The Labute approximate surface area is 244 Å². The molecule has 17 heteroatoms. The molecule has 12 N–H and O–H groups in total. The van der Waals surface area contributed by atoms with E-state index in [0.29, 0.717) is 38.6 Å². The molecule has 0 fully saturated rings. The number of hydrogen-bond donors (Lipinski definition) is 8. The molecule has 224 valence electrons. The van der Waals surface area contributed by atoms with Gasteiger partial charge in [0.2, 0.25) is 0 Å². The number of carboxylic acid groups (broad SMARTS) is 4. The van der Waals surface area contributed by atoms with Crippen LogP contribution in [0.2, 0.25) is 5.21 Å². The Morgan fingerprint density at radius 3 is 1.46 bits per heavy atom. The molecule has 1 rings (SSSR count). The Bertz CT molecular complexity index is 1060. The van der Waals surface area contributed by atoms with Gasteiger partial charge in [0.25, 0.3) is 0 Å². The zero-order chi connectivity index (χ0) is 31.7. The number of pyridine rings is 1. The number of aromatic nitrogens is 1. The monoisotopic (exact) mass is 574 g/mol. The molecule has 41 heavy (non-hydrogen) atoms. The summed E-state index contributed by atoms with van der Waals surface area (Å²) in [5.41, 5.74) is 25.7. The smallest absolute Gasteiger partial charge is 0.320 e. The fourth-order valence-electron chi connectivity index (χ4n) is 4.97. The second-order valence-corrected chi connectivity index (χ2v) is 12.0. The summed E-state index contributed by atoms with van der Waals surface area (Å²) in [4.78, 5) is 45.6. The molecule has 0 amide bonds. The van der Waals surface area contributed by atoms with Crippen LogP contribution in [0.5, 0.6) is 0 Å². The zero-order valence-electron chi connectivity index (χ0n) is 24.5. The van der Waals surface area contributed by atoms with Crippen LogP contribution in [0.1, 0.15) is 55.2 Å². The average Bonchev–Trinajstić information content (AvgIpc) is 2.86. The van der Waals surface area contributed by atoms with E-state index in [-0.39, 0.29) is 19.3 Å². The van der Waals surface area contributed by atoms with Crippen LogP contribution in [0.4, 0.5) is 0 Å². The van der Waals surface area contributed by atoms with Crippen molar-refractivity contribution in [2.45, 2.75) is 92.5 Å². The van der Waals surface area contributed by atoms with E-state index in [9.17, 15) is 34.5 Å². The minimum atomic E-state index is -1.13. The first kappa shape index (κ1) is 36.2. The van der Waals surface area contributed by atoms with Gasteiger partial charge in [-0.25, -0.2) is 4.57 Å². The number of unbranched alkanes of at least 4 members (excludes halogenated alkanes) is 1. The number of carbonyl (C=O) groups is 4. The first-order chi connectivity index (χ1) is 18.8. The molecule has 0 aliphatic rings. The van der Waals surface area contributed by atoms with Crippen molar-refractivity contribution < 1.29 is 44.2 Å². The van der Waals surface area contributed by atoms with Crippen LogP contribution < -0.4 is 27.5 Å². The maximum absolute atomic E-state index is 11.6. The Balaban J connectivity index is 3.66. The first-order valence-corrected chi connectivity index (χ1v) is 13.8. The lowest BCUT2D eigenvalue weighted by Crippen LogP contribution is -2.49. The van der Waals surface area contributed by atoms with Crippen molar-refractivity contribution in [1.82, 2.24) is 0 Å². The fourth-order valence-corrected chi connectivity index (χ4v) is 4.97. The molecule has 1 aromatic heterocycles. The molecule has 0 aromatic carbocycles. The van der Waals surface area contributed by atoms with Gasteiger partial charge < -0.3 is 43.4 Å². The molecule has 1 aromatic rings. The van der Waals surface area contributed by atoms with E-state index in [4.69, 9.17) is 28.0 Å². The molecule has 0 spiro atoms. The van der Waals surface area contributed by atoms with E-state index in [1.807, 2.05) is 48.3 Å². The summed E-state index contributed by atoms with van der Waals surface area (Å²) in [5.74, 6) is -4.46. The van der Waals surface area contributed by atoms with Crippen LogP contribution in [0.25, 0.3) is 0 Å². The van der Waals surface area contributed by atoms with Gasteiger partial charge in [0.05, 0.1) is 15.7 Å². The molecule has 0 radical (unpaired) electrons. The van der Waals surface area contributed by atoms with Gasteiger partial charge in [-0.1, -0.05) is 10.4 Å². The highest BCUT2D eigenvalue weighted by atomic mass is 16.4. The summed E-state index contributed by atoms with van der Waals surface area (Å²) in [7, 11) is 7.77. The predicted molar refractivity (Wildman–Crippen MR) is 163 cm³/mol. The van der Waals surface area contributed by atoms with Gasteiger partial charge in [-0.3, -0.25) is 19.2 Å². The Morgan fingerprint density at radius 1 is 0.683 bits per heavy atom. The van der Waals surface area contributed by atoms with Gasteiger partial charge in [-0.15, -0.1) is 0 Å².